The van der Waals surface area contributed by atoms with Crippen LogP contribution in [0.4, 0.5) is 0 Å². The van der Waals surface area contributed by atoms with Crippen LogP contribution in [0, 0.1) is 0 Å². The fourth-order valence-corrected chi connectivity index (χ4v) is 2.55. The predicted octanol–water partition coefficient (Wildman–Crippen LogP) is 0.271. The average molecular weight is 272 g/mol. The Hall–Kier alpha value is -1.44. The van der Waals surface area contributed by atoms with Crippen molar-refractivity contribution in [3.63, 3.8) is 0 Å². The van der Waals surface area contributed by atoms with Crippen molar-refractivity contribution in [1.29, 1.82) is 0 Å². The van der Waals surface area contributed by atoms with Gasteiger partial charge in [0.15, 0.2) is 0 Å². The topological polar surface area (TPSA) is 75.7 Å². The highest BCUT2D eigenvalue weighted by molar-refractivity contribution is 7.89. The van der Waals surface area contributed by atoms with E-state index in [4.69, 9.17) is 0 Å². The average Bonchev–Trinajstić information content (AvgIpc) is 2.35. The van der Waals surface area contributed by atoms with E-state index in [1.165, 1.54) is 19.2 Å². The van der Waals surface area contributed by atoms with Gasteiger partial charge in [-0.25, -0.2) is 13.2 Å². The van der Waals surface area contributed by atoms with Crippen LogP contribution >= 0.6 is 0 Å². The fraction of sp³-hybridized carbons (Fsp3) is 0.364. The Morgan fingerprint density at radius 1 is 1.33 bits per heavy atom. The van der Waals surface area contributed by atoms with Crippen molar-refractivity contribution in [2.45, 2.75) is 4.90 Å². The van der Waals surface area contributed by atoms with Crippen molar-refractivity contribution in [3.05, 3.63) is 29.8 Å². The highest BCUT2D eigenvalue weighted by atomic mass is 32.2. The minimum atomic E-state index is -3.73. The molecular formula is C11H16N2O4S. The highest BCUT2D eigenvalue weighted by Gasteiger charge is 2.22. The van der Waals surface area contributed by atoms with Crippen LogP contribution < -0.4 is 4.72 Å². The number of ether oxygens (including phenoxy) is 1. The molecule has 0 heterocycles. The summed E-state index contributed by atoms with van der Waals surface area (Å²) in [5.41, 5.74) is 0.0197. The van der Waals surface area contributed by atoms with Gasteiger partial charge in [0, 0.05) is 0 Å². The second kappa shape index (κ2) is 5.94. The van der Waals surface area contributed by atoms with Crippen LogP contribution in [-0.4, -0.2) is 47.2 Å². The third-order valence-corrected chi connectivity index (χ3v) is 3.60. The second-order valence-corrected chi connectivity index (χ2v) is 5.61. The minimum Gasteiger partial charge on any atom is -0.465 e. The number of hydrogen-bond acceptors (Lipinski definition) is 5. The summed E-state index contributed by atoms with van der Waals surface area (Å²) in [5, 5.41) is 0. The molecule has 7 heteroatoms. The normalized spacial score (nSPS) is 11.6. The lowest BCUT2D eigenvalue weighted by molar-refractivity contribution is 0.0596. The molecule has 0 radical (unpaired) electrons. The van der Waals surface area contributed by atoms with Crippen LogP contribution in [0.15, 0.2) is 29.2 Å². The number of carbonyl (C=O) groups is 1. The Labute approximate surface area is 107 Å². The van der Waals surface area contributed by atoms with E-state index in [9.17, 15) is 13.2 Å². The minimum absolute atomic E-state index is 0.0197. The zero-order valence-electron chi connectivity index (χ0n) is 10.5. The molecule has 0 aliphatic rings. The van der Waals surface area contributed by atoms with Crippen molar-refractivity contribution in [1.82, 2.24) is 9.62 Å². The molecule has 1 N–H and O–H groups in total. The lowest BCUT2D eigenvalue weighted by Crippen LogP contribution is -2.33. The van der Waals surface area contributed by atoms with Gasteiger partial charge in [-0.2, -0.15) is 4.72 Å². The summed E-state index contributed by atoms with van der Waals surface area (Å²) in [6.45, 7) is 0.151. The first kappa shape index (κ1) is 14.6. The van der Waals surface area contributed by atoms with Crippen LogP contribution in [-0.2, 0) is 14.8 Å². The quantitative estimate of drug-likeness (QED) is 0.615. The largest absolute Gasteiger partial charge is 0.465 e. The van der Waals surface area contributed by atoms with Crippen LogP contribution in [0.3, 0.4) is 0 Å². The summed E-state index contributed by atoms with van der Waals surface area (Å²) < 4.78 is 31.0. The molecule has 0 unspecified atom stereocenters. The summed E-state index contributed by atoms with van der Waals surface area (Å²) in [7, 11) is 0.935. The molecule has 0 aliphatic carbocycles. The van der Waals surface area contributed by atoms with Gasteiger partial charge in [-0.3, -0.25) is 4.90 Å². The van der Waals surface area contributed by atoms with E-state index in [2.05, 4.69) is 9.46 Å². The summed E-state index contributed by atoms with van der Waals surface area (Å²) in [5.74, 6) is -0.680. The van der Waals surface area contributed by atoms with Crippen LogP contribution in [0.1, 0.15) is 10.4 Å². The van der Waals surface area contributed by atoms with Gasteiger partial charge in [0.2, 0.25) is 10.0 Å². The summed E-state index contributed by atoms with van der Waals surface area (Å²) >= 11 is 0. The summed E-state index contributed by atoms with van der Waals surface area (Å²) in [6.07, 6.45) is 0. The molecule has 0 spiro atoms. The van der Waals surface area contributed by atoms with Gasteiger partial charge in [0.1, 0.15) is 0 Å². The third-order valence-electron chi connectivity index (χ3n) is 2.15. The van der Waals surface area contributed by atoms with E-state index in [0.29, 0.717) is 0 Å². The van der Waals surface area contributed by atoms with E-state index in [1.807, 2.05) is 0 Å². The Balaban J connectivity index is 3.12. The van der Waals surface area contributed by atoms with Crippen LogP contribution in [0.5, 0.6) is 0 Å². The van der Waals surface area contributed by atoms with Crippen molar-refractivity contribution in [2.75, 3.05) is 27.9 Å². The van der Waals surface area contributed by atoms with Gasteiger partial charge in [0.05, 0.1) is 24.2 Å². The van der Waals surface area contributed by atoms with E-state index < -0.39 is 16.0 Å². The molecule has 0 amide bonds. The van der Waals surface area contributed by atoms with Gasteiger partial charge in [-0.15, -0.1) is 0 Å². The van der Waals surface area contributed by atoms with Crippen LogP contribution in [0.25, 0.3) is 0 Å². The molecule has 18 heavy (non-hydrogen) atoms. The maximum atomic E-state index is 12.0. The second-order valence-electron chi connectivity index (χ2n) is 3.87. The molecule has 100 valence electrons. The summed E-state index contributed by atoms with van der Waals surface area (Å²) in [6, 6.07) is 5.91. The fourth-order valence-electron chi connectivity index (χ4n) is 1.27. The Morgan fingerprint density at radius 2 is 1.94 bits per heavy atom. The van der Waals surface area contributed by atoms with Gasteiger partial charge < -0.3 is 4.74 Å². The molecular weight excluding hydrogens is 256 g/mol. The number of nitrogens with one attached hydrogen (secondary N) is 1. The number of methoxy groups -OCH3 is 1. The Morgan fingerprint density at radius 3 is 2.50 bits per heavy atom. The smallest absolute Gasteiger partial charge is 0.339 e. The van der Waals surface area contributed by atoms with E-state index in [-0.39, 0.29) is 17.1 Å². The number of sulfonamides is 1. The maximum Gasteiger partial charge on any atom is 0.339 e. The lowest BCUT2D eigenvalue weighted by Gasteiger charge is -2.13. The van der Waals surface area contributed by atoms with E-state index >= 15 is 0 Å². The SMILES string of the molecule is COC(=O)c1ccccc1S(=O)(=O)NCN(C)C. The van der Waals surface area contributed by atoms with Crippen molar-refractivity contribution in [2.24, 2.45) is 0 Å². The highest BCUT2D eigenvalue weighted by Crippen LogP contribution is 2.15. The third kappa shape index (κ3) is 3.52. The van der Waals surface area contributed by atoms with Gasteiger partial charge >= 0.3 is 5.97 Å². The monoisotopic (exact) mass is 272 g/mol. The molecule has 0 bridgehead atoms. The van der Waals surface area contributed by atoms with Crippen molar-refractivity contribution >= 4 is 16.0 Å². The molecule has 0 atom stereocenters. The first-order chi connectivity index (χ1) is 8.38. The standard InChI is InChI=1S/C11H16N2O4S/c1-13(2)8-12-18(15,16)10-7-5-4-6-9(10)11(14)17-3/h4-7,12H,8H2,1-3H3. The number of benzene rings is 1. The Kier molecular flexibility index (Phi) is 4.83. The molecule has 1 aromatic rings. The molecule has 0 aliphatic heterocycles. The molecule has 6 nitrogen and oxygen atoms in total. The molecule has 0 fully saturated rings. The zero-order valence-corrected chi connectivity index (χ0v) is 11.3. The van der Waals surface area contributed by atoms with Gasteiger partial charge in [0.25, 0.3) is 0 Å². The predicted molar refractivity (Wildman–Crippen MR) is 66.7 cm³/mol. The number of rotatable bonds is 5. The number of nitrogens with zero attached hydrogens (tertiary/aromatic N) is 1. The van der Waals surface area contributed by atoms with Gasteiger partial charge in [-0.05, 0) is 26.2 Å². The van der Waals surface area contributed by atoms with E-state index in [0.717, 1.165) is 0 Å². The number of carbonyl (C=O) groups excluding carboxylic acids is 1. The summed E-state index contributed by atoms with van der Waals surface area (Å²) in [4.78, 5) is 13.1. The number of esters is 1. The van der Waals surface area contributed by atoms with Gasteiger partial charge in [-0.1, -0.05) is 12.1 Å². The molecule has 0 aromatic heterocycles. The van der Waals surface area contributed by atoms with Crippen molar-refractivity contribution in [3.8, 4) is 0 Å². The zero-order chi connectivity index (χ0) is 13.8. The molecule has 1 rings (SSSR count). The Bertz CT molecular complexity index is 526. The van der Waals surface area contributed by atoms with Crippen LogP contribution in [0.2, 0.25) is 0 Å². The lowest BCUT2D eigenvalue weighted by atomic mass is 10.2. The van der Waals surface area contributed by atoms with Crippen molar-refractivity contribution < 1.29 is 17.9 Å². The molecule has 0 saturated carbocycles. The first-order valence-electron chi connectivity index (χ1n) is 5.20. The molecule has 1 aromatic carbocycles. The van der Waals surface area contributed by atoms with E-state index in [1.54, 1.807) is 31.1 Å². The maximum absolute atomic E-state index is 12.0. The molecule has 0 saturated heterocycles. The first-order valence-corrected chi connectivity index (χ1v) is 6.68. The number of hydrogen-bond donors (Lipinski definition) is 1.